The molecule has 0 heterocycles. The van der Waals surface area contributed by atoms with Crippen LogP contribution in [0.3, 0.4) is 0 Å². The molecule has 0 unspecified atom stereocenters. The summed E-state index contributed by atoms with van der Waals surface area (Å²) in [5.74, 6) is -0.764. The van der Waals surface area contributed by atoms with Gasteiger partial charge in [0.05, 0.1) is 0 Å². The van der Waals surface area contributed by atoms with E-state index in [4.69, 9.17) is 22.6 Å². The Morgan fingerprint density at radius 2 is 2.18 bits per heavy atom. The van der Waals surface area contributed by atoms with Crippen LogP contribution >= 0.6 is 11.6 Å². The number of primary amides is 1. The molecule has 0 radical (unpaired) electrons. The lowest BCUT2D eigenvalue weighted by molar-refractivity contribution is -0.114. The van der Waals surface area contributed by atoms with E-state index in [0.717, 1.165) is 5.69 Å². The Morgan fingerprint density at radius 3 is 2.59 bits per heavy atom. The molecule has 0 bridgehead atoms. The molecule has 4 nitrogen and oxygen atoms in total. The Kier molecular flexibility index (Phi) is 4.13. The van der Waals surface area contributed by atoms with E-state index >= 15 is 0 Å². The highest BCUT2D eigenvalue weighted by molar-refractivity contribution is 6.32. The van der Waals surface area contributed by atoms with Crippen LogP contribution in [-0.2, 0) is 4.79 Å². The van der Waals surface area contributed by atoms with Gasteiger partial charge in [-0.2, -0.15) is 5.26 Å². The Bertz CT molecular complexity index is 515. The van der Waals surface area contributed by atoms with Crippen molar-refractivity contribution in [1.82, 2.24) is 0 Å². The number of rotatable bonds is 3. The van der Waals surface area contributed by atoms with Crippen molar-refractivity contribution in [2.45, 2.75) is 0 Å². The third kappa shape index (κ3) is 3.23. The second-order valence-electron chi connectivity index (χ2n) is 3.63. The number of hydrogen-bond acceptors (Lipinski definition) is 3. The largest absolute Gasteiger partial charge is 0.378 e. The molecule has 0 aliphatic heterocycles. The number of amides is 1. The number of carbonyl (C=O) groups excluding carboxylic acids is 1. The van der Waals surface area contributed by atoms with E-state index in [0.29, 0.717) is 10.6 Å². The van der Waals surface area contributed by atoms with Crippen molar-refractivity contribution in [3.8, 4) is 6.07 Å². The molecule has 1 amide bonds. The zero-order chi connectivity index (χ0) is 13.0. The van der Waals surface area contributed by atoms with Crippen LogP contribution < -0.4 is 10.6 Å². The van der Waals surface area contributed by atoms with E-state index in [1.165, 1.54) is 6.08 Å². The molecule has 0 aliphatic rings. The number of anilines is 1. The molecule has 0 saturated heterocycles. The second kappa shape index (κ2) is 5.37. The van der Waals surface area contributed by atoms with Gasteiger partial charge in [0.2, 0.25) is 0 Å². The highest BCUT2D eigenvalue weighted by Gasteiger charge is 2.06. The standard InChI is InChI=1S/C12H12ClN3O/c1-16(2)10-4-3-8(11(13)6-10)5-9(7-14)12(15)17/h3-6H,1-2H3,(H2,15,17)/b9-5+. The topological polar surface area (TPSA) is 70.1 Å². The number of benzene rings is 1. The number of carbonyl (C=O) groups is 1. The minimum atomic E-state index is -0.764. The minimum Gasteiger partial charge on any atom is -0.378 e. The lowest BCUT2D eigenvalue weighted by Crippen LogP contribution is -2.12. The summed E-state index contributed by atoms with van der Waals surface area (Å²) >= 11 is 6.05. The zero-order valence-electron chi connectivity index (χ0n) is 9.57. The first-order chi connectivity index (χ1) is 7.95. The van der Waals surface area contributed by atoms with Crippen molar-refractivity contribution < 1.29 is 4.79 Å². The van der Waals surface area contributed by atoms with Crippen molar-refractivity contribution in [3.05, 3.63) is 34.4 Å². The first-order valence-corrected chi connectivity index (χ1v) is 5.22. The molecular formula is C12H12ClN3O. The molecule has 0 fully saturated rings. The molecule has 5 heteroatoms. The van der Waals surface area contributed by atoms with Crippen molar-refractivity contribution >= 4 is 29.3 Å². The predicted molar refractivity (Wildman–Crippen MR) is 68.6 cm³/mol. The van der Waals surface area contributed by atoms with Crippen molar-refractivity contribution in [2.24, 2.45) is 5.73 Å². The number of nitrogens with zero attached hydrogens (tertiary/aromatic N) is 2. The van der Waals surface area contributed by atoms with Gasteiger partial charge in [0.25, 0.3) is 5.91 Å². The van der Waals surface area contributed by atoms with Crippen molar-refractivity contribution in [3.63, 3.8) is 0 Å². The smallest absolute Gasteiger partial charge is 0.259 e. The molecule has 0 aromatic heterocycles. The molecule has 1 rings (SSSR count). The van der Waals surface area contributed by atoms with Crippen LogP contribution in [0.25, 0.3) is 6.08 Å². The summed E-state index contributed by atoms with van der Waals surface area (Å²) in [6.45, 7) is 0. The summed E-state index contributed by atoms with van der Waals surface area (Å²) < 4.78 is 0. The summed E-state index contributed by atoms with van der Waals surface area (Å²) in [4.78, 5) is 12.8. The van der Waals surface area contributed by atoms with E-state index < -0.39 is 5.91 Å². The van der Waals surface area contributed by atoms with E-state index in [9.17, 15) is 4.79 Å². The average Bonchev–Trinajstić information content (AvgIpc) is 2.26. The number of hydrogen-bond donors (Lipinski definition) is 1. The van der Waals surface area contributed by atoms with Crippen molar-refractivity contribution in [2.75, 3.05) is 19.0 Å². The fourth-order valence-corrected chi connectivity index (χ4v) is 1.45. The molecule has 17 heavy (non-hydrogen) atoms. The van der Waals surface area contributed by atoms with E-state index in [2.05, 4.69) is 0 Å². The van der Waals surface area contributed by atoms with Crippen molar-refractivity contribution in [1.29, 1.82) is 5.26 Å². The zero-order valence-corrected chi connectivity index (χ0v) is 10.3. The number of nitrogens with two attached hydrogens (primary N) is 1. The first kappa shape index (κ1) is 13.1. The third-order valence-electron chi connectivity index (χ3n) is 2.19. The van der Waals surface area contributed by atoms with Crippen LogP contribution in [0.1, 0.15) is 5.56 Å². The van der Waals surface area contributed by atoms with Crippen LogP contribution in [0.5, 0.6) is 0 Å². The maximum atomic E-state index is 10.9. The maximum absolute atomic E-state index is 10.9. The van der Waals surface area contributed by atoms with E-state index in [-0.39, 0.29) is 5.57 Å². The highest BCUT2D eigenvalue weighted by Crippen LogP contribution is 2.24. The molecule has 1 aromatic carbocycles. The summed E-state index contributed by atoms with van der Waals surface area (Å²) in [5, 5.41) is 9.18. The fourth-order valence-electron chi connectivity index (χ4n) is 1.23. The molecule has 88 valence electrons. The normalized spacial score (nSPS) is 10.8. The summed E-state index contributed by atoms with van der Waals surface area (Å²) in [6, 6.07) is 7.06. The fraction of sp³-hybridized carbons (Fsp3) is 0.167. The Morgan fingerprint density at radius 1 is 1.53 bits per heavy atom. The lowest BCUT2D eigenvalue weighted by Gasteiger charge is -2.13. The Balaban J connectivity index is 3.18. The molecule has 2 N–H and O–H groups in total. The maximum Gasteiger partial charge on any atom is 0.259 e. The SMILES string of the molecule is CN(C)c1ccc(/C=C(\C#N)C(N)=O)c(Cl)c1. The van der Waals surface area contributed by atoms with Gasteiger partial charge in [0.15, 0.2) is 0 Å². The summed E-state index contributed by atoms with van der Waals surface area (Å²) in [5.41, 5.74) is 6.45. The number of nitriles is 1. The second-order valence-corrected chi connectivity index (χ2v) is 4.04. The van der Waals surface area contributed by atoms with Crippen LogP contribution in [-0.4, -0.2) is 20.0 Å². The molecule has 0 saturated carbocycles. The Labute approximate surface area is 105 Å². The van der Waals surface area contributed by atoms with Crippen LogP contribution in [0.15, 0.2) is 23.8 Å². The van der Waals surface area contributed by atoms with Gasteiger partial charge < -0.3 is 10.6 Å². The predicted octanol–water partition coefficient (Wildman–Crippen LogP) is 1.80. The van der Waals surface area contributed by atoms with Gasteiger partial charge in [-0.15, -0.1) is 0 Å². The highest BCUT2D eigenvalue weighted by atomic mass is 35.5. The van der Waals surface area contributed by atoms with Gasteiger partial charge >= 0.3 is 0 Å². The van der Waals surface area contributed by atoms with Gasteiger partial charge in [0, 0.05) is 24.8 Å². The molecule has 1 aromatic rings. The first-order valence-electron chi connectivity index (χ1n) is 4.84. The van der Waals surface area contributed by atoms with Gasteiger partial charge in [0.1, 0.15) is 11.6 Å². The Hall–Kier alpha value is -1.99. The van der Waals surface area contributed by atoms with Crippen LogP contribution in [0, 0.1) is 11.3 Å². The lowest BCUT2D eigenvalue weighted by atomic mass is 10.1. The van der Waals surface area contributed by atoms with E-state index in [1.54, 1.807) is 18.2 Å². The van der Waals surface area contributed by atoms with Crippen LogP contribution in [0.4, 0.5) is 5.69 Å². The van der Waals surface area contributed by atoms with Gasteiger partial charge in [-0.3, -0.25) is 4.79 Å². The van der Waals surface area contributed by atoms with Gasteiger partial charge in [-0.1, -0.05) is 17.7 Å². The summed E-state index contributed by atoms with van der Waals surface area (Å²) in [6.07, 6.45) is 1.38. The molecule has 0 aliphatic carbocycles. The summed E-state index contributed by atoms with van der Waals surface area (Å²) in [7, 11) is 3.79. The monoisotopic (exact) mass is 249 g/mol. The van der Waals surface area contributed by atoms with Crippen LogP contribution in [0.2, 0.25) is 5.02 Å². The third-order valence-corrected chi connectivity index (χ3v) is 2.51. The quantitative estimate of drug-likeness (QED) is 0.656. The molecule has 0 spiro atoms. The molecule has 0 atom stereocenters. The average molecular weight is 250 g/mol. The van der Waals surface area contributed by atoms with Gasteiger partial charge in [-0.05, 0) is 23.8 Å². The minimum absolute atomic E-state index is 0.121. The number of halogens is 1. The van der Waals surface area contributed by atoms with E-state index in [1.807, 2.05) is 25.1 Å². The van der Waals surface area contributed by atoms with Gasteiger partial charge in [-0.25, -0.2) is 0 Å². The molecular weight excluding hydrogens is 238 g/mol.